The second-order valence-corrected chi connectivity index (χ2v) is 7.91. The molecule has 3 rings (SSSR count). The van der Waals surface area contributed by atoms with Crippen LogP contribution in [0, 0.1) is 12.8 Å². The molecule has 1 saturated carbocycles. The molecule has 1 aliphatic carbocycles. The third-order valence-electron chi connectivity index (χ3n) is 5.42. The Morgan fingerprint density at radius 3 is 2.53 bits per heavy atom. The zero-order chi connectivity index (χ0) is 21.4. The minimum Gasteiger partial charge on any atom is -0.477 e. The monoisotopic (exact) mass is 414 g/mol. The highest BCUT2D eigenvalue weighted by Crippen LogP contribution is 2.32. The molecule has 7 nitrogen and oxygen atoms in total. The molecule has 0 atom stereocenters. The molecule has 0 unspecified atom stereocenters. The first-order chi connectivity index (χ1) is 14.5. The van der Waals surface area contributed by atoms with E-state index in [0.29, 0.717) is 42.6 Å². The zero-order valence-electron chi connectivity index (χ0n) is 17.6. The molecule has 30 heavy (non-hydrogen) atoms. The average molecular weight is 415 g/mol. The molecule has 0 radical (unpaired) electrons. The molecule has 1 aliphatic rings. The van der Waals surface area contributed by atoms with Crippen molar-refractivity contribution in [1.82, 2.24) is 10.3 Å². The number of benzene rings is 1. The van der Waals surface area contributed by atoms with Crippen molar-refractivity contribution in [3.63, 3.8) is 0 Å². The van der Waals surface area contributed by atoms with Gasteiger partial charge in [-0.15, -0.1) is 0 Å². The zero-order valence-corrected chi connectivity index (χ0v) is 17.6. The van der Waals surface area contributed by atoms with Gasteiger partial charge in [0.05, 0.1) is 12.2 Å². The molecule has 1 aromatic carbocycles. The van der Waals surface area contributed by atoms with E-state index in [0.717, 1.165) is 18.4 Å². The van der Waals surface area contributed by atoms with Crippen LogP contribution in [0.15, 0.2) is 42.6 Å². The second-order valence-electron chi connectivity index (χ2n) is 7.91. The fraction of sp³-hybridized carbons (Fsp3) is 0.478. The fourth-order valence-corrected chi connectivity index (χ4v) is 3.48. The number of carbonyl (C=O) groups is 1. The molecule has 1 aromatic heterocycles. The van der Waals surface area contributed by atoms with Crippen LogP contribution in [0.3, 0.4) is 0 Å². The lowest BCUT2D eigenvalue weighted by molar-refractivity contribution is -0.0131. The van der Waals surface area contributed by atoms with E-state index in [9.17, 15) is 9.90 Å². The van der Waals surface area contributed by atoms with Crippen molar-refractivity contribution < 1.29 is 24.1 Å². The van der Waals surface area contributed by atoms with Gasteiger partial charge in [-0.1, -0.05) is 6.07 Å². The number of carbonyl (C=O) groups excluding carboxylic acids is 1. The lowest BCUT2D eigenvalue weighted by Gasteiger charge is -2.36. The molecule has 7 heteroatoms. The highest BCUT2D eigenvalue weighted by molar-refractivity contribution is 5.94. The van der Waals surface area contributed by atoms with Crippen molar-refractivity contribution in [2.75, 3.05) is 27.1 Å². The number of ether oxygens (including phenoxy) is 3. The van der Waals surface area contributed by atoms with Gasteiger partial charge in [0.25, 0.3) is 5.91 Å². The highest BCUT2D eigenvalue weighted by Gasteiger charge is 2.33. The fourth-order valence-electron chi connectivity index (χ4n) is 3.48. The van der Waals surface area contributed by atoms with E-state index < -0.39 is 5.60 Å². The van der Waals surface area contributed by atoms with Gasteiger partial charge in [-0.3, -0.25) is 4.79 Å². The van der Waals surface area contributed by atoms with Gasteiger partial charge in [0.2, 0.25) is 5.88 Å². The summed E-state index contributed by atoms with van der Waals surface area (Å²) in [5, 5.41) is 13.7. The first kappa shape index (κ1) is 22.1. The van der Waals surface area contributed by atoms with Crippen molar-refractivity contribution in [1.29, 1.82) is 0 Å². The maximum atomic E-state index is 12.4. The molecule has 2 aromatic rings. The van der Waals surface area contributed by atoms with Gasteiger partial charge in [0.15, 0.2) is 6.79 Å². The first-order valence-corrected chi connectivity index (χ1v) is 10.3. The summed E-state index contributed by atoms with van der Waals surface area (Å²) in [4.78, 5) is 16.6. The smallest absolute Gasteiger partial charge is 0.251 e. The van der Waals surface area contributed by atoms with Crippen molar-refractivity contribution in [2.45, 2.75) is 38.2 Å². The van der Waals surface area contributed by atoms with Crippen molar-refractivity contribution in [3.05, 3.63) is 53.7 Å². The van der Waals surface area contributed by atoms with Crippen LogP contribution in [-0.2, 0) is 4.74 Å². The van der Waals surface area contributed by atoms with Crippen molar-refractivity contribution in [2.24, 2.45) is 5.92 Å². The molecule has 162 valence electrons. The molecular formula is C23H30N2O5. The number of rotatable bonds is 9. The predicted octanol–water partition coefficient (Wildman–Crippen LogP) is 3.10. The van der Waals surface area contributed by atoms with Crippen LogP contribution in [0.25, 0.3) is 0 Å². The van der Waals surface area contributed by atoms with Gasteiger partial charge in [0, 0.05) is 31.5 Å². The molecule has 0 saturated heterocycles. The summed E-state index contributed by atoms with van der Waals surface area (Å²) in [6, 6.07) is 10.7. The third-order valence-corrected chi connectivity index (χ3v) is 5.42. The summed E-state index contributed by atoms with van der Waals surface area (Å²) in [6.07, 6.45) is 4.75. The molecule has 1 fully saturated rings. The summed E-state index contributed by atoms with van der Waals surface area (Å²) in [5.74, 6) is 1.43. The number of aliphatic hydroxyl groups is 1. The van der Waals surface area contributed by atoms with Crippen LogP contribution in [0.1, 0.15) is 41.6 Å². The van der Waals surface area contributed by atoms with Crippen LogP contribution in [0.5, 0.6) is 11.6 Å². The van der Waals surface area contributed by atoms with Gasteiger partial charge in [-0.25, -0.2) is 4.98 Å². The summed E-state index contributed by atoms with van der Waals surface area (Å²) in [6.45, 7) is 2.98. The molecule has 0 spiro atoms. The lowest BCUT2D eigenvalue weighted by Crippen LogP contribution is -2.45. The quantitative estimate of drug-likeness (QED) is 0.613. The minimum atomic E-state index is -0.879. The third kappa shape index (κ3) is 6.43. The maximum Gasteiger partial charge on any atom is 0.251 e. The van der Waals surface area contributed by atoms with E-state index >= 15 is 0 Å². The second kappa shape index (κ2) is 10.4. The van der Waals surface area contributed by atoms with Gasteiger partial charge >= 0.3 is 0 Å². The number of hydrogen-bond donors (Lipinski definition) is 2. The Bertz CT molecular complexity index is 799. The van der Waals surface area contributed by atoms with E-state index in [1.807, 2.05) is 19.1 Å². The Morgan fingerprint density at radius 2 is 1.90 bits per heavy atom. The summed E-state index contributed by atoms with van der Waals surface area (Å²) in [5.41, 5.74) is 0.744. The minimum absolute atomic E-state index is 0.159. The Labute approximate surface area is 177 Å². The van der Waals surface area contributed by atoms with E-state index in [1.165, 1.54) is 0 Å². The molecular weight excluding hydrogens is 384 g/mol. The lowest BCUT2D eigenvalue weighted by atomic mass is 9.79. The molecule has 0 bridgehead atoms. The number of aromatic nitrogens is 1. The number of hydrogen-bond acceptors (Lipinski definition) is 6. The van der Waals surface area contributed by atoms with Crippen LogP contribution in [0.4, 0.5) is 0 Å². The van der Waals surface area contributed by atoms with Gasteiger partial charge < -0.3 is 24.6 Å². The van der Waals surface area contributed by atoms with Crippen molar-refractivity contribution in [3.8, 4) is 11.6 Å². The van der Waals surface area contributed by atoms with E-state index in [4.69, 9.17) is 14.2 Å². The molecule has 1 amide bonds. The van der Waals surface area contributed by atoms with E-state index in [1.54, 1.807) is 37.6 Å². The van der Waals surface area contributed by atoms with Crippen LogP contribution >= 0.6 is 0 Å². The van der Waals surface area contributed by atoms with E-state index in [2.05, 4.69) is 10.3 Å². The Hall–Kier alpha value is -2.64. The van der Waals surface area contributed by atoms with Gasteiger partial charge in [-0.2, -0.15) is 0 Å². The molecule has 1 heterocycles. The van der Waals surface area contributed by atoms with Crippen LogP contribution in [0.2, 0.25) is 0 Å². The normalized spacial score (nSPS) is 21.1. The van der Waals surface area contributed by atoms with E-state index in [-0.39, 0.29) is 19.2 Å². The molecule has 0 aliphatic heterocycles. The summed E-state index contributed by atoms with van der Waals surface area (Å²) < 4.78 is 15.9. The summed E-state index contributed by atoms with van der Waals surface area (Å²) in [7, 11) is 1.55. The SMILES string of the molecule is COCOc1ccc(C(=O)NC[C@]2(O)CC[C@@H](COc3ccc(C)cn3)CC2)cc1. The largest absolute Gasteiger partial charge is 0.477 e. The van der Waals surface area contributed by atoms with Crippen molar-refractivity contribution >= 4 is 5.91 Å². The number of nitrogens with one attached hydrogen (secondary N) is 1. The highest BCUT2D eigenvalue weighted by atomic mass is 16.7. The maximum absolute atomic E-state index is 12.4. The Morgan fingerprint density at radius 1 is 1.17 bits per heavy atom. The predicted molar refractivity (Wildman–Crippen MR) is 113 cm³/mol. The Kier molecular flexibility index (Phi) is 7.65. The first-order valence-electron chi connectivity index (χ1n) is 10.3. The molecule has 2 N–H and O–H groups in total. The number of aryl methyl sites for hydroxylation is 1. The average Bonchev–Trinajstić information content (AvgIpc) is 2.77. The van der Waals surface area contributed by atoms with Crippen LogP contribution in [-0.4, -0.2) is 48.7 Å². The number of methoxy groups -OCH3 is 1. The Balaban J connectivity index is 1.40. The standard InChI is InChI=1S/C23H30N2O5/c1-17-3-8-21(24-13-17)29-14-18-9-11-23(27,12-10-18)15-25-22(26)19-4-6-20(7-5-19)30-16-28-2/h3-8,13,18,27H,9-12,14-16H2,1-2H3,(H,25,26)/t18-,23+. The van der Waals surface area contributed by atoms with Gasteiger partial charge in [0.1, 0.15) is 5.75 Å². The summed E-state index contributed by atoms with van der Waals surface area (Å²) >= 11 is 0. The van der Waals surface area contributed by atoms with Gasteiger partial charge in [-0.05, 0) is 68.4 Å². The topological polar surface area (TPSA) is 89.9 Å². The number of nitrogens with zero attached hydrogens (tertiary/aromatic N) is 1. The van der Waals surface area contributed by atoms with Crippen LogP contribution < -0.4 is 14.8 Å². The number of pyridine rings is 1. The number of amides is 1.